The lowest BCUT2D eigenvalue weighted by molar-refractivity contribution is -0.138. The first-order valence-corrected chi connectivity index (χ1v) is 8.35. The van der Waals surface area contributed by atoms with Gasteiger partial charge in [-0.3, -0.25) is 0 Å². The third kappa shape index (κ3) is 6.14. The van der Waals surface area contributed by atoms with Crippen molar-refractivity contribution in [1.82, 2.24) is 0 Å². The maximum atomic E-state index is 11.2. The van der Waals surface area contributed by atoms with Gasteiger partial charge in [-0.05, 0) is 38.9 Å². The predicted octanol–water partition coefficient (Wildman–Crippen LogP) is 2.74. The highest BCUT2D eigenvalue weighted by Crippen LogP contribution is 2.17. The van der Waals surface area contributed by atoms with Gasteiger partial charge in [-0.25, -0.2) is 4.79 Å². The summed E-state index contributed by atoms with van der Waals surface area (Å²) in [4.78, 5) is 11.2. The zero-order valence-corrected chi connectivity index (χ0v) is 12.7. The minimum Gasteiger partial charge on any atom is -0.462 e. The number of carbonyl (C=O) groups excluding carboxylic acids is 1. The molecule has 104 valence electrons. The van der Waals surface area contributed by atoms with E-state index in [4.69, 9.17) is 13.6 Å². The predicted molar refractivity (Wildman–Crippen MR) is 74.4 cm³/mol. The van der Waals surface area contributed by atoms with Crippen LogP contribution in [0.1, 0.15) is 27.2 Å². The van der Waals surface area contributed by atoms with Crippen LogP contribution in [0.5, 0.6) is 0 Å². The zero-order valence-electron chi connectivity index (χ0n) is 11.7. The quantitative estimate of drug-likeness (QED) is 0.265. The van der Waals surface area contributed by atoms with Gasteiger partial charge in [0.2, 0.25) is 0 Å². The summed E-state index contributed by atoms with van der Waals surface area (Å²) in [5.74, 6) is -0.353. The number of hydrogen-bond acceptors (Lipinski definition) is 4. The SMILES string of the molecule is C=C[Si](CCCOC(=O)C(=C)C)(OCC)OCC. The van der Waals surface area contributed by atoms with Crippen molar-refractivity contribution in [1.29, 1.82) is 0 Å². The average Bonchev–Trinajstić information content (AvgIpc) is 2.34. The van der Waals surface area contributed by atoms with E-state index < -0.39 is 8.56 Å². The first-order chi connectivity index (χ1) is 8.51. The van der Waals surface area contributed by atoms with Gasteiger partial charge in [0.1, 0.15) is 0 Å². The maximum Gasteiger partial charge on any atom is 0.364 e. The topological polar surface area (TPSA) is 44.8 Å². The summed E-state index contributed by atoms with van der Waals surface area (Å²) in [5, 5.41) is 0. The summed E-state index contributed by atoms with van der Waals surface area (Å²) in [5.41, 5.74) is 2.21. The fourth-order valence-electron chi connectivity index (χ4n) is 1.50. The molecule has 18 heavy (non-hydrogen) atoms. The Morgan fingerprint density at radius 2 is 1.83 bits per heavy atom. The van der Waals surface area contributed by atoms with Crippen LogP contribution in [-0.4, -0.2) is 34.4 Å². The highest BCUT2D eigenvalue weighted by molar-refractivity contribution is 6.72. The molecule has 0 N–H and O–H groups in total. The summed E-state index contributed by atoms with van der Waals surface area (Å²) in [6.45, 7) is 14.4. The molecule has 0 aromatic carbocycles. The molecule has 0 aliphatic heterocycles. The van der Waals surface area contributed by atoms with Gasteiger partial charge in [0.25, 0.3) is 0 Å². The lowest BCUT2D eigenvalue weighted by Gasteiger charge is -2.26. The molecule has 0 fully saturated rings. The van der Waals surface area contributed by atoms with Crippen LogP contribution < -0.4 is 0 Å². The van der Waals surface area contributed by atoms with E-state index in [0.29, 0.717) is 31.8 Å². The van der Waals surface area contributed by atoms with Crippen LogP contribution in [0.2, 0.25) is 6.04 Å². The molecular formula is C13H24O4Si. The Labute approximate surface area is 111 Å². The molecule has 0 spiro atoms. The maximum absolute atomic E-state index is 11.2. The van der Waals surface area contributed by atoms with Crippen LogP contribution in [0.4, 0.5) is 0 Å². The van der Waals surface area contributed by atoms with Crippen molar-refractivity contribution in [2.45, 2.75) is 33.2 Å². The first kappa shape index (κ1) is 17.1. The lowest BCUT2D eigenvalue weighted by atomic mass is 10.4. The van der Waals surface area contributed by atoms with E-state index >= 15 is 0 Å². The van der Waals surface area contributed by atoms with Gasteiger partial charge in [-0.15, -0.1) is 6.58 Å². The molecule has 0 unspecified atom stereocenters. The third-order valence-electron chi connectivity index (χ3n) is 2.34. The Kier molecular flexibility index (Phi) is 8.61. The van der Waals surface area contributed by atoms with Crippen LogP contribution in [0.25, 0.3) is 0 Å². The fourth-order valence-corrected chi connectivity index (χ4v) is 3.93. The second kappa shape index (κ2) is 9.07. The second-order valence-corrected chi connectivity index (χ2v) is 7.01. The molecular weight excluding hydrogens is 248 g/mol. The molecule has 4 nitrogen and oxygen atoms in total. The van der Waals surface area contributed by atoms with E-state index in [1.807, 2.05) is 13.8 Å². The van der Waals surface area contributed by atoms with Crippen molar-refractivity contribution in [2.24, 2.45) is 0 Å². The smallest absolute Gasteiger partial charge is 0.364 e. The van der Waals surface area contributed by atoms with Crippen molar-refractivity contribution >= 4 is 14.5 Å². The lowest BCUT2D eigenvalue weighted by Crippen LogP contribution is -2.40. The van der Waals surface area contributed by atoms with Gasteiger partial charge in [0.05, 0.1) is 6.61 Å². The number of hydrogen-bond donors (Lipinski definition) is 0. The molecule has 0 saturated heterocycles. The average molecular weight is 272 g/mol. The largest absolute Gasteiger partial charge is 0.462 e. The molecule has 5 heteroatoms. The first-order valence-electron chi connectivity index (χ1n) is 6.25. The van der Waals surface area contributed by atoms with Gasteiger partial charge in [0, 0.05) is 18.8 Å². The standard InChI is InChI=1S/C13H24O4Si/c1-6-16-18(8-3,17-7-2)11-9-10-15-13(14)12(4)5/h8H,3-4,6-7,9-11H2,1-2,5H3. The Bertz CT molecular complexity index is 283. The van der Waals surface area contributed by atoms with E-state index in [1.54, 1.807) is 12.6 Å². The zero-order chi connectivity index (χ0) is 14.0. The van der Waals surface area contributed by atoms with E-state index in [0.717, 1.165) is 6.04 Å². The van der Waals surface area contributed by atoms with Crippen LogP contribution in [0, 0.1) is 0 Å². The molecule has 0 aliphatic rings. The minimum absolute atomic E-state index is 0.353. The Morgan fingerprint density at radius 3 is 2.22 bits per heavy atom. The van der Waals surface area contributed by atoms with Crippen molar-refractivity contribution in [2.75, 3.05) is 19.8 Å². The fraction of sp³-hybridized carbons (Fsp3) is 0.615. The number of rotatable bonds is 10. The summed E-state index contributed by atoms with van der Waals surface area (Å²) in [7, 11) is -2.32. The molecule has 0 bridgehead atoms. The number of ether oxygens (including phenoxy) is 1. The van der Waals surface area contributed by atoms with Gasteiger partial charge in [0.15, 0.2) is 0 Å². The monoisotopic (exact) mass is 272 g/mol. The van der Waals surface area contributed by atoms with Gasteiger partial charge < -0.3 is 13.6 Å². The van der Waals surface area contributed by atoms with Gasteiger partial charge in [-0.2, -0.15) is 0 Å². The number of carbonyl (C=O) groups is 1. The van der Waals surface area contributed by atoms with E-state index in [1.165, 1.54) is 0 Å². The molecule has 0 amide bonds. The van der Waals surface area contributed by atoms with Crippen LogP contribution >= 0.6 is 0 Å². The minimum atomic E-state index is -2.32. The van der Waals surface area contributed by atoms with Gasteiger partial charge in [-0.1, -0.05) is 6.58 Å². The summed E-state index contributed by atoms with van der Waals surface area (Å²) in [6, 6.07) is 0.738. The highest BCUT2D eigenvalue weighted by atomic mass is 28.4. The Balaban J connectivity index is 4.14. The van der Waals surface area contributed by atoms with Crippen LogP contribution in [0.15, 0.2) is 24.4 Å². The van der Waals surface area contributed by atoms with Crippen LogP contribution in [0.3, 0.4) is 0 Å². The molecule has 0 radical (unpaired) electrons. The van der Waals surface area contributed by atoms with Crippen molar-refractivity contribution in [3.8, 4) is 0 Å². The van der Waals surface area contributed by atoms with Crippen molar-refractivity contribution < 1.29 is 18.4 Å². The normalized spacial score (nSPS) is 11.1. The summed E-state index contributed by atoms with van der Waals surface area (Å²) in [6.07, 6.45) is 0.706. The molecule has 0 heterocycles. The van der Waals surface area contributed by atoms with Crippen molar-refractivity contribution in [3.05, 3.63) is 24.4 Å². The molecule has 0 atom stereocenters. The Morgan fingerprint density at radius 1 is 1.28 bits per heavy atom. The third-order valence-corrected chi connectivity index (χ3v) is 5.57. The summed E-state index contributed by atoms with van der Waals surface area (Å²) >= 11 is 0. The molecule has 0 aromatic heterocycles. The highest BCUT2D eigenvalue weighted by Gasteiger charge is 2.32. The summed E-state index contributed by atoms with van der Waals surface area (Å²) < 4.78 is 16.5. The van der Waals surface area contributed by atoms with E-state index in [2.05, 4.69) is 13.2 Å². The number of esters is 1. The van der Waals surface area contributed by atoms with Crippen molar-refractivity contribution in [3.63, 3.8) is 0 Å². The molecule has 0 saturated carbocycles. The molecule has 0 aliphatic carbocycles. The Hall–Kier alpha value is -0.913. The van der Waals surface area contributed by atoms with E-state index in [9.17, 15) is 4.79 Å². The van der Waals surface area contributed by atoms with Gasteiger partial charge >= 0.3 is 14.5 Å². The molecule has 0 rings (SSSR count). The van der Waals surface area contributed by atoms with Crippen LogP contribution in [-0.2, 0) is 18.4 Å². The molecule has 0 aromatic rings. The second-order valence-electron chi connectivity index (χ2n) is 3.90. The van der Waals surface area contributed by atoms with E-state index in [-0.39, 0.29) is 5.97 Å².